The minimum Gasteiger partial charge on any atom is -0.451 e. The van der Waals surface area contributed by atoms with Gasteiger partial charge in [-0.05, 0) is 42.5 Å². The Bertz CT molecular complexity index is 1510. The molecule has 0 spiro atoms. The van der Waals surface area contributed by atoms with E-state index in [2.05, 4.69) is 15.5 Å². The summed E-state index contributed by atoms with van der Waals surface area (Å²) in [6.45, 7) is 0. The molecule has 0 atom stereocenters. The molecule has 162 valence electrons. The van der Waals surface area contributed by atoms with Crippen molar-refractivity contribution in [1.29, 1.82) is 0 Å². The molecular weight excluding hydrogens is 446 g/mol. The van der Waals surface area contributed by atoms with Crippen LogP contribution in [0.4, 0.5) is 11.4 Å². The summed E-state index contributed by atoms with van der Waals surface area (Å²) in [4.78, 5) is 25.0. The number of carbonyl (C=O) groups excluding carboxylic acids is 1. The molecule has 2 aromatic heterocycles. The molecule has 0 bridgehead atoms. The second-order valence-electron chi connectivity index (χ2n) is 7.04. The molecule has 0 aliphatic heterocycles. The zero-order valence-corrected chi connectivity index (χ0v) is 17.6. The van der Waals surface area contributed by atoms with Crippen molar-refractivity contribution >= 4 is 39.9 Å². The van der Waals surface area contributed by atoms with Gasteiger partial charge in [0.05, 0.1) is 26.9 Å². The zero-order chi connectivity index (χ0) is 22.9. The average Bonchev–Trinajstić information content (AvgIpc) is 3.47. The predicted molar refractivity (Wildman–Crippen MR) is 123 cm³/mol. The van der Waals surface area contributed by atoms with Gasteiger partial charge >= 0.3 is 0 Å². The number of rotatable bonds is 5. The predicted octanol–water partition coefficient (Wildman–Crippen LogP) is 5.49. The van der Waals surface area contributed by atoms with E-state index in [9.17, 15) is 14.9 Å². The number of nitro groups is 1. The summed E-state index contributed by atoms with van der Waals surface area (Å²) in [6, 6.07) is 21.7. The Balaban J connectivity index is 1.42. The van der Waals surface area contributed by atoms with E-state index in [0.717, 1.165) is 5.69 Å². The number of nitrogens with zero attached hydrogens (tertiary/aromatic N) is 4. The highest BCUT2D eigenvalue weighted by Crippen LogP contribution is 2.32. The van der Waals surface area contributed by atoms with E-state index < -0.39 is 10.8 Å². The molecule has 9 nitrogen and oxygen atoms in total. The van der Waals surface area contributed by atoms with Gasteiger partial charge in [-0.1, -0.05) is 41.9 Å². The van der Waals surface area contributed by atoms with Crippen LogP contribution in [0.25, 0.3) is 28.0 Å². The zero-order valence-electron chi connectivity index (χ0n) is 16.8. The van der Waals surface area contributed by atoms with Crippen LogP contribution >= 0.6 is 11.6 Å². The highest BCUT2D eigenvalue weighted by Gasteiger charge is 2.20. The molecule has 0 aliphatic rings. The number of benzene rings is 3. The largest absolute Gasteiger partial charge is 0.451 e. The summed E-state index contributed by atoms with van der Waals surface area (Å²) < 4.78 is 5.59. The molecular formula is C23H14ClN5O4. The highest BCUT2D eigenvalue weighted by atomic mass is 35.5. The van der Waals surface area contributed by atoms with Crippen molar-refractivity contribution < 1.29 is 14.1 Å². The fraction of sp³-hybridized carbons (Fsp3) is 0. The van der Waals surface area contributed by atoms with Gasteiger partial charge in [-0.3, -0.25) is 14.9 Å². The minimum atomic E-state index is -0.559. The van der Waals surface area contributed by atoms with Gasteiger partial charge in [0.2, 0.25) is 0 Å². The number of hydrogen-bond acceptors (Lipinski definition) is 6. The van der Waals surface area contributed by atoms with E-state index >= 15 is 0 Å². The molecule has 0 saturated carbocycles. The van der Waals surface area contributed by atoms with Crippen LogP contribution in [0.3, 0.4) is 0 Å². The molecule has 0 radical (unpaired) electrons. The molecule has 1 amide bonds. The number of amides is 1. The smallest absolute Gasteiger partial charge is 0.291 e. The monoisotopic (exact) mass is 459 g/mol. The quantitative estimate of drug-likeness (QED) is 0.274. The maximum absolute atomic E-state index is 12.8. The highest BCUT2D eigenvalue weighted by molar-refractivity contribution is 6.34. The molecule has 0 aliphatic carbocycles. The number of hydrogen-bond donors (Lipinski definition) is 1. The first-order chi connectivity index (χ1) is 16.0. The first-order valence-corrected chi connectivity index (χ1v) is 10.1. The minimum absolute atomic E-state index is 0.0211. The lowest BCUT2D eigenvalue weighted by Gasteiger charge is -2.05. The normalized spacial score (nSPS) is 10.9. The first kappa shape index (κ1) is 20.4. The Morgan fingerprint density at radius 1 is 0.970 bits per heavy atom. The SMILES string of the molecule is O=C(Nc1cc2nn(-c3ccccc3)nc2cc1Cl)c1ccc(-c2ccccc2[N+](=O)[O-])o1. The van der Waals surface area contributed by atoms with Gasteiger partial charge in [0.15, 0.2) is 5.76 Å². The fourth-order valence-corrected chi connectivity index (χ4v) is 3.55. The van der Waals surface area contributed by atoms with E-state index in [4.69, 9.17) is 16.0 Å². The maximum Gasteiger partial charge on any atom is 0.291 e. The fourth-order valence-electron chi connectivity index (χ4n) is 3.34. The van der Waals surface area contributed by atoms with E-state index in [1.165, 1.54) is 23.0 Å². The molecule has 0 fully saturated rings. The van der Waals surface area contributed by atoms with Crippen LogP contribution < -0.4 is 5.32 Å². The standard InChI is InChI=1S/C23H14ClN5O4/c24-16-12-18-19(27-28(26-18)14-6-2-1-3-7-14)13-17(16)25-23(30)22-11-10-21(33-22)15-8-4-5-9-20(15)29(31)32/h1-13H,(H,25,30). The Hall–Kier alpha value is -4.50. The molecule has 10 heteroatoms. The second-order valence-corrected chi connectivity index (χ2v) is 7.45. The molecule has 33 heavy (non-hydrogen) atoms. The molecule has 5 aromatic rings. The third-order valence-corrected chi connectivity index (χ3v) is 5.21. The van der Waals surface area contributed by atoms with Crippen molar-refractivity contribution in [2.45, 2.75) is 0 Å². The lowest BCUT2D eigenvalue weighted by Crippen LogP contribution is -2.11. The average molecular weight is 460 g/mol. The molecule has 0 saturated heterocycles. The number of nitro benzene ring substituents is 1. The van der Waals surface area contributed by atoms with Gasteiger partial charge in [-0.15, -0.1) is 10.2 Å². The van der Waals surface area contributed by atoms with Gasteiger partial charge in [0.1, 0.15) is 16.8 Å². The molecule has 1 N–H and O–H groups in total. The van der Waals surface area contributed by atoms with E-state index in [0.29, 0.717) is 16.7 Å². The van der Waals surface area contributed by atoms with Crippen molar-refractivity contribution in [2.75, 3.05) is 5.32 Å². The number of nitrogens with one attached hydrogen (secondary N) is 1. The van der Waals surface area contributed by atoms with Gasteiger partial charge in [-0.2, -0.15) is 4.80 Å². The summed E-state index contributed by atoms with van der Waals surface area (Å²) >= 11 is 6.35. The van der Waals surface area contributed by atoms with Crippen LogP contribution in [0, 0.1) is 10.1 Å². The molecule has 5 rings (SSSR count). The van der Waals surface area contributed by atoms with Crippen LogP contribution in [0.15, 0.2) is 83.3 Å². The van der Waals surface area contributed by atoms with Gasteiger partial charge in [0.25, 0.3) is 11.6 Å². The Labute approximate surface area is 191 Å². The second kappa shape index (κ2) is 8.21. The molecule has 3 aromatic carbocycles. The van der Waals surface area contributed by atoms with Crippen LogP contribution in [0.1, 0.15) is 10.6 Å². The van der Waals surface area contributed by atoms with Crippen LogP contribution in [0.5, 0.6) is 0 Å². The van der Waals surface area contributed by atoms with Gasteiger partial charge in [0, 0.05) is 6.07 Å². The van der Waals surface area contributed by atoms with E-state index in [-0.39, 0.29) is 27.8 Å². The summed E-state index contributed by atoms with van der Waals surface area (Å²) in [6.07, 6.45) is 0. The van der Waals surface area contributed by atoms with Crippen molar-refractivity contribution in [2.24, 2.45) is 0 Å². The first-order valence-electron chi connectivity index (χ1n) is 9.76. The number of aromatic nitrogens is 3. The van der Waals surface area contributed by atoms with Crippen molar-refractivity contribution in [1.82, 2.24) is 15.0 Å². The molecule has 2 heterocycles. The summed E-state index contributed by atoms with van der Waals surface area (Å²) in [5.41, 5.74) is 2.39. The number of halogens is 1. The number of para-hydroxylation sites is 2. The maximum atomic E-state index is 12.8. The third kappa shape index (κ3) is 3.92. The Morgan fingerprint density at radius 3 is 2.42 bits per heavy atom. The third-order valence-electron chi connectivity index (χ3n) is 4.90. The van der Waals surface area contributed by atoms with Crippen molar-refractivity contribution in [3.8, 4) is 17.0 Å². The number of furan rings is 1. The number of fused-ring (bicyclic) bond motifs is 1. The summed E-state index contributed by atoms with van der Waals surface area (Å²) in [5, 5.41) is 23.1. The number of carbonyl (C=O) groups is 1. The van der Waals surface area contributed by atoms with E-state index in [1.807, 2.05) is 30.3 Å². The van der Waals surface area contributed by atoms with Crippen molar-refractivity contribution in [3.63, 3.8) is 0 Å². The Kier molecular flexibility index (Phi) is 5.08. The summed E-state index contributed by atoms with van der Waals surface area (Å²) in [7, 11) is 0. The van der Waals surface area contributed by atoms with Gasteiger partial charge in [-0.25, -0.2) is 0 Å². The lowest BCUT2D eigenvalue weighted by atomic mass is 10.1. The summed E-state index contributed by atoms with van der Waals surface area (Å²) in [5.74, 6) is -0.372. The van der Waals surface area contributed by atoms with Crippen molar-refractivity contribution in [3.05, 3.63) is 99.8 Å². The Morgan fingerprint density at radius 2 is 1.67 bits per heavy atom. The topological polar surface area (TPSA) is 116 Å². The van der Waals surface area contributed by atoms with Crippen LogP contribution in [-0.4, -0.2) is 25.8 Å². The van der Waals surface area contributed by atoms with E-state index in [1.54, 1.807) is 30.3 Å². The molecule has 0 unspecified atom stereocenters. The number of anilines is 1. The lowest BCUT2D eigenvalue weighted by molar-refractivity contribution is -0.384. The van der Waals surface area contributed by atoms with Crippen LogP contribution in [0.2, 0.25) is 5.02 Å². The van der Waals surface area contributed by atoms with Crippen LogP contribution in [-0.2, 0) is 0 Å². The van der Waals surface area contributed by atoms with Gasteiger partial charge < -0.3 is 9.73 Å².